The summed E-state index contributed by atoms with van der Waals surface area (Å²) in [5.41, 5.74) is 0.476. The van der Waals surface area contributed by atoms with Gasteiger partial charge < -0.3 is 4.90 Å². The average Bonchev–Trinajstić information content (AvgIpc) is 2.28. The zero-order valence-electron chi connectivity index (χ0n) is 8.77. The Kier molecular flexibility index (Phi) is 3.17. The van der Waals surface area contributed by atoms with E-state index in [1.165, 1.54) is 4.90 Å². The first-order valence-corrected chi connectivity index (χ1v) is 5.29. The fourth-order valence-electron chi connectivity index (χ4n) is 1.91. The number of amides is 1. The van der Waals surface area contributed by atoms with Crippen LogP contribution in [0.4, 0.5) is 8.78 Å². The van der Waals surface area contributed by atoms with Crippen molar-refractivity contribution >= 4 is 5.91 Å². The summed E-state index contributed by atoms with van der Waals surface area (Å²) in [5.74, 6) is -0.300. The Morgan fingerprint density at radius 2 is 1.69 bits per heavy atom. The molecule has 1 aromatic carbocycles. The Morgan fingerprint density at radius 1 is 1.12 bits per heavy atom. The normalized spacial score (nSPS) is 25.5. The van der Waals surface area contributed by atoms with Gasteiger partial charge in [-0.15, -0.1) is 0 Å². The smallest absolute Gasteiger partial charge is 0.254 e. The first-order chi connectivity index (χ1) is 7.66. The molecule has 1 aliphatic heterocycles. The Balaban J connectivity index is 2.10. The Labute approximate surface area is 92.9 Å². The third kappa shape index (κ3) is 2.38. The summed E-state index contributed by atoms with van der Waals surface area (Å²) in [4.78, 5) is 13.1. The lowest BCUT2D eigenvalue weighted by molar-refractivity contribution is 0.0469. The highest BCUT2D eigenvalue weighted by Crippen LogP contribution is 2.18. The van der Waals surface area contributed by atoms with E-state index in [1.54, 1.807) is 30.3 Å². The molecule has 16 heavy (non-hydrogen) atoms. The van der Waals surface area contributed by atoms with Crippen molar-refractivity contribution in [2.24, 2.45) is 0 Å². The molecule has 1 amide bonds. The molecule has 0 radical (unpaired) electrons. The van der Waals surface area contributed by atoms with Gasteiger partial charge in [0.05, 0.1) is 13.1 Å². The average molecular weight is 225 g/mol. The van der Waals surface area contributed by atoms with E-state index in [2.05, 4.69) is 0 Å². The molecule has 0 spiro atoms. The highest BCUT2D eigenvalue weighted by atomic mass is 19.1. The van der Waals surface area contributed by atoms with E-state index in [-0.39, 0.29) is 25.4 Å². The summed E-state index contributed by atoms with van der Waals surface area (Å²) in [6.07, 6.45) is -2.61. The molecule has 0 bridgehead atoms. The van der Waals surface area contributed by atoms with Gasteiger partial charge in [0.1, 0.15) is 12.3 Å². The maximum Gasteiger partial charge on any atom is 0.254 e. The van der Waals surface area contributed by atoms with Crippen LogP contribution in [-0.4, -0.2) is 36.2 Å². The van der Waals surface area contributed by atoms with E-state index in [0.29, 0.717) is 5.56 Å². The number of rotatable bonds is 1. The molecule has 2 atom stereocenters. The first kappa shape index (κ1) is 11.0. The van der Waals surface area contributed by atoms with E-state index in [4.69, 9.17) is 0 Å². The third-order valence-electron chi connectivity index (χ3n) is 2.66. The number of hydrogen-bond donors (Lipinski definition) is 0. The van der Waals surface area contributed by atoms with Crippen LogP contribution in [0, 0.1) is 0 Å². The minimum absolute atomic E-state index is 0.00581. The topological polar surface area (TPSA) is 20.3 Å². The number of likely N-dealkylation sites (tertiary alicyclic amines) is 1. The summed E-state index contributed by atoms with van der Waals surface area (Å²) in [7, 11) is 0. The van der Waals surface area contributed by atoms with Gasteiger partial charge in [0.15, 0.2) is 0 Å². The molecule has 0 saturated carbocycles. The predicted octanol–water partition coefficient (Wildman–Crippen LogP) is 2.21. The van der Waals surface area contributed by atoms with Crippen LogP contribution in [0.15, 0.2) is 30.3 Å². The summed E-state index contributed by atoms with van der Waals surface area (Å²) >= 11 is 0. The monoisotopic (exact) mass is 225 g/mol. The van der Waals surface area contributed by atoms with E-state index in [0.717, 1.165) is 0 Å². The molecule has 0 unspecified atom stereocenters. The summed E-state index contributed by atoms with van der Waals surface area (Å²) < 4.78 is 26.3. The van der Waals surface area contributed by atoms with Crippen molar-refractivity contribution in [3.63, 3.8) is 0 Å². The maximum absolute atomic E-state index is 13.1. The number of halogens is 2. The summed E-state index contributed by atoms with van der Waals surface area (Å²) in [5, 5.41) is 0. The summed E-state index contributed by atoms with van der Waals surface area (Å²) in [6, 6.07) is 8.56. The van der Waals surface area contributed by atoms with Crippen LogP contribution in [0.2, 0.25) is 0 Å². The van der Waals surface area contributed by atoms with Crippen LogP contribution in [0.1, 0.15) is 16.8 Å². The van der Waals surface area contributed by atoms with Gasteiger partial charge in [-0.2, -0.15) is 0 Å². The second kappa shape index (κ2) is 4.60. The van der Waals surface area contributed by atoms with Gasteiger partial charge in [0.2, 0.25) is 0 Å². The van der Waals surface area contributed by atoms with Crippen molar-refractivity contribution in [1.29, 1.82) is 0 Å². The zero-order valence-corrected chi connectivity index (χ0v) is 8.77. The van der Waals surface area contributed by atoms with Crippen LogP contribution in [0.25, 0.3) is 0 Å². The minimum Gasteiger partial charge on any atom is -0.333 e. The van der Waals surface area contributed by atoms with Gasteiger partial charge in [-0.1, -0.05) is 18.2 Å². The maximum atomic E-state index is 13.1. The number of hydrogen-bond acceptors (Lipinski definition) is 1. The van der Waals surface area contributed by atoms with Gasteiger partial charge in [-0.05, 0) is 12.1 Å². The van der Waals surface area contributed by atoms with Gasteiger partial charge >= 0.3 is 0 Å². The van der Waals surface area contributed by atoms with Crippen molar-refractivity contribution in [3.05, 3.63) is 35.9 Å². The Bertz CT molecular complexity index is 359. The molecule has 0 aliphatic carbocycles. The third-order valence-corrected chi connectivity index (χ3v) is 2.66. The molecule has 1 aliphatic rings. The molecular formula is C12H13F2NO. The first-order valence-electron chi connectivity index (χ1n) is 5.29. The highest BCUT2D eigenvalue weighted by molar-refractivity contribution is 5.94. The highest BCUT2D eigenvalue weighted by Gasteiger charge is 2.30. The lowest BCUT2D eigenvalue weighted by Crippen LogP contribution is -2.45. The van der Waals surface area contributed by atoms with Gasteiger partial charge in [0.25, 0.3) is 5.91 Å². The molecule has 1 aromatic rings. The van der Waals surface area contributed by atoms with E-state index in [1.807, 2.05) is 0 Å². The van der Waals surface area contributed by atoms with Crippen LogP contribution in [-0.2, 0) is 0 Å². The van der Waals surface area contributed by atoms with Gasteiger partial charge in [-0.25, -0.2) is 8.78 Å². The molecule has 0 aromatic heterocycles. The second-order valence-corrected chi connectivity index (χ2v) is 4.01. The molecule has 2 rings (SSSR count). The van der Waals surface area contributed by atoms with E-state index >= 15 is 0 Å². The largest absolute Gasteiger partial charge is 0.333 e. The van der Waals surface area contributed by atoms with E-state index < -0.39 is 12.3 Å². The predicted molar refractivity (Wildman–Crippen MR) is 56.8 cm³/mol. The molecule has 0 N–H and O–H groups in total. The molecule has 2 nitrogen and oxygen atoms in total. The van der Waals surface area contributed by atoms with Crippen molar-refractivity contribution in [2.75, 3.05) is 13.1 Å². The van der Waals surface area contributed by atoms with Crippen molar-refractivity contribution in [3.8, 4) is 0 Å². The number of alkyl halides is 2. The SMILES string of the molecule is O=C(c1ccccc1)N1C[C@H](F)C[C@H](F)C1. The quantitative estimate of drug-likeness (QED) is 0.717. The molecular weight excluding hydrogens is 212 g/mol. The molecule has 1 saturated heterocycles. The standard InChI is InChI=1S/C12H13F2NO/c13-10-6-11(14)8-15(7-10)12(16)9-4-2-1-3-5-9/h1-5,10-11H,6-8H2/t10-,11+. The molecule has 86 valence electrons. The Morgan fingerprint density at radius 3 is 2.25 bits per heavy atom. The number of nitrogens with zero attached hydrogens (tertiary/aromatic N) is 1. The fraction of sp³-hybridized carbons (Fsp3) is 0.417. The number of piperidine rings is 1. The Hall–Kier alpha value is -1.45. The zero-order chi connectivity index (χ0) is 11.5. The van der Waals surface area contributed by atoms with Gasteiger partial charge in [-0.3, -0.25) is 4.79 Å². The van der Waals surface area contributed by atoms with E-state index in [9.17, 15) is 13.6 Å². The molecule has 1 heterocycles. The van der Waals surface area contributed by atoms with Crippen molar-refractivity contribution in [2.45, 2.75) is 18.8 Å². The van der Waals surface area contributed by atoms with Crippen LogP contribution in [0.5, 0.6) is 0 Å². The van der Waals surface area contributed by atoms with Crippen LogP contribution >= 0.6 is 0 Å². The fourth-order valence-corrected chi connectivity index (χ4v) is 1.91. The van der Waals surface area contributed by atoms with Crippen molar-refractivity contribution < 1.29 is 13.6 Å². The van der Waals surface area contributed by atoms with Crippen molar-refractivity contribution in [1.82, 2.24) is 4.90 Å². The van der Waals surface area contributed by atoms with Crippen LogP contribution in [0.3, 0.4) is 0 Å². The van der Waals surface area contributed by atoms with Gasteiger partial charge in [0, 0.05) is 12.0 Å². The lowest BCUT2D eigenvalue weighted by atomic mass is 10.1. The van der Waals surface area contributed by atoms with Crippen LogP contribution < -0.4 is 0 Å². The summed E-state index contributed by atoms with van der Waals surface area (Å²) in [6.45, 7) is -0.0116. The number of benzene rings is 1. The lowest BCUT2D eigenvalue weighted by Gasteiger charge is -2.31. The minimum atomic E-state index is -1.25. The molecule has 1 fully saturated rings. The number of carbonyl (C=O) groups is 1. The second-order valence-electron chi connectivity index (χ2n) is 4.01. The number of carbonyl (C=O) groups excluding carboxylic acids is 1. The molecule has 4 heteroatoms.